The maximum atomic E-state index is 9.35. The average molecular weight is 285 g/mol. The van der Waals surface area contributed by atoms with Crippen molar-refractivity contribution in [2.24, 2.45) is 0 Å². The number of likely N-dealkylation sites (tertiary alicyclic amines) is 1. The van der Waals surface area contributed by atoms with Gasteiger partial charge in [0.05, 0.1) is 5.69 Å². The summed E-state index contributed by atoms with van der Waals surface area (Å²) in [5.41, 5.74) is 2.40. The van der Waals surface area contributed by atoms with Crippen LogP contribution in [0.2, 0.25) is 0 Å². The summed E-state index contributed by atoms with van der Waals surface area (Å²) in [7, 11) is 0. The molecule has 1 atom stereocenters. The third-order valence-electron chi connectivity index (χ3n) is 4.97. The molecule has 1 saturated heterocycles. The highest BCUT2D eigenvalue weighted by Crippen LogP contribution is 2.28. The number of aromatic nitrogens is 2. The van der Waals surface area contributed by atoms with Crippen LogP contribution in [0.3, 0.4) is 0 Å². The number of rotatable bonds is 3. The number of aryl methyl sites for hydroxylation is 1. The Morgan fingerprint density at radius 1 is 1.19 bits per heavy atom. The van der Waals surface area contributed by atoms with E-state index in [-0.39, 0.29) is 0 Å². The molecule has 0 bridgehead atoms. The summed E-state index contributed by atoms with van der Waals surface area (Å²) in [6.45, 7) is 6.05. The highest BCUT2D eigenvalue weighted by molar-refractivity contribution is 5.56. The quantitative estimate of drug-likeness (QED) is 0.923. The van der Waals surface area contributed by atoms with Crippen molar-refractivity contribution >= 4 is 5.82 Å². The molecule has 1 aromatic heterocycles. The minimum Gasteiger partial charge on any atom is -0.363 e. The molecule has 0 spiro atoms. The highest BCUT2D eigenvalue weighted by atomic mass is 15.2. The molecule has 2 heterocycles. The molecule has 0 radical (unpaired) electrons. The zero-order valence-electron chi connectivity index (χ0n) is 12.9. The minimum atomic E-state index is 0.383. The summed E-state index contributed by atoms with van der Waals surface area (Å²) < 4.78 is 0. The number of hydrogen-bond acceptors (Lipinski definition) is 5. The molecule has 3 rings (SSSR count). The summed E-state index contributed by atoms with van der Waals surface area (Å²) in [5, 5.41) is 21.1. The van der Waals surface area contributed by atoms with Crippen molar-refractivity contribution in [2.75, 3.05) is 18.4 Å². The normalized spacial score (nSPS) is 23.4. The summed E-state index contributed by atoms with van der Waals surface area (Å²) in [4.78, 5) is 2.60. The molecule has 1 aliphatic heterocycles. The summed E-state index contributed by atoms with van der Waals surface area (Å²) in [6.07, 6.45) is 6.57. The van der Waals surface area contributed by atoms with Gasteiger partial charge in [0, 0.05) is 25.2 Å². The third-order valence-corrected chi connectivity index (χ3v) is 4.97. The smallest absolute Gasteiger partial charge is 0.167 e. The average Bonchev–Trinajstić information content (AvgIpc) is 3.14. The zero-order valence-corrected chi connectivity index (χ0v) is 12.9. The van der Waals surface area contributed by atoms with Gasteiger partial charge in [0.25, 0.3) is 0 Å². The fourth-order valence-electron chi connectivity index (χ4n) is 3.55. The number of nitriles is 1. The Hall–Kier alpha value is -1.67. The van der Waals surface area contributed by atoms with Crippen molar-refractivity contribution in [3.8, 4) is 6.07 Å². The van der Waals surface area contributed by atoms with Gasteiger partial charge in [0.2, 0.25) is 0 Å². The van der Waals surface area contributed by atoms with E-state index in [2.05, 4.69) is 26.5 Å². The Bertz CT molecular complexity index is 557. The topological polar surface area (TPSA) is 64.8 Å². The van der Waals surface area contributed by atoms with Gasteiger partial charge < -0.3 is 5.32 Å². The first-order valence-corrected chi connectivity index (χ1v) is 7.93. The highest BCUT2D eigenvalue weighted by Gasteiger charge is 2.30. The fourth-order valence-corrected chi connectivity index (χ4v) is 3.55. The van der Waals surface area contributed by atoms with Gasteiger partial charge in [-0.3, -0.25) is 4.90 Å². The molecule has 1 aliphatic carbocycles. The second-order valence-corrected chi connectivity index (χ2v) is 6.31. The fraction of sp³-hybridized carbons (Fsp3) is 0.688. The summed E-state index contributed by atoms with van der Waals surface area (Å²) in [5.74, 6) is 0.652. The SMILES string of the molecule is Cc1nnc(NC2CCN(C3CCCC3)C2)c(C#N)c1C. The van der Waals surface area contributed by atoms with Crippen LogP contribution in [0.25, 0.3) is 0 Å². The molecular formula is C16H23N5. The second-order valence-electron chi connectivity index (χ2n) is 6.31. The Labute approximate surface area is 126 Å². The van der Waals surface area contributed by atoms with Gasteiger partial charge >= 0.3 is 0 Å². The predicted octanol–water partition coefficient (Wildman–Crippen LogP) is 2.39. The molecule has 2 fully saturated rings. The van der Waals surface area contributed by atoms with E-state index in [1.54, 1.807) is 0 Å². The molecule has 2 aliphatic rings. The zero-order chi connectivity index (χ0) is 14.8. The molecule has 5 nitrogen and oxygen atoms in total. The molecule has 1 N–H and O–H groups in total. The molecule has 1 saturated carbocycles. The third kappa shape index (κ3) is 2.86. The number of anilines is 1. The number of nitrogens with one attached hydrogen (secondary N) is 1. The van der Waals surface area contributed by atoms with Crippen LogP contribution in [0.5, 0.6) is 0 Å². The maximum Gasteiger partial charge on any atom is 0.167 e. The van der Waals surface area contributed by atoms with Crippen LogP contribution in [0, 0.1) is 25.2 Å². The van der Waals surface area contributed by atoms with Gasteiger partial charge in [-0.05, 0) is 38.7 Å². The Balaban J connectivity index is 1.68. The van der Waals surface area contributed by atoms with Crippen molar-refractivity contribution in [3.05, 3.63) is 16.8 Å². The largest absolute Gasteiger partial charge is 0.363 e. The monoisotopic (exact) mass is 285 g/mol. The van der Waals surface area contributed by atoms with E-state index < -0.39 is 0 Å². The van der Waals surface area contributed by atoms with Crippen LogP contribution in [-0.2, 0) is 0 Å². The van der Waals surface area contributed by atoms with E-state index in [0.29, 0.717) is 17.4 Å². The van der Waals surface area contributed by atoms with E-state index in [0.717, 1.165) is 36.8 Å². The van der Waals surface area contributed by atoms with Crippen LogP contribution in [0.15, 0.2) is 0 Å². The summed E-state index contributed by atoms with van der Waals surface area (Å²) in [6, 6.07) is 3.43. The van der Waals surface area contributed by atoms with Gasteiger partial charge in [-0.25, -0.2) is 0 Å². The molecule has 0 amide bonds. The first kappa shape index (κ1) is 14.3. The van der Waals surface area contributed by atoms with Gasteiger partial charge in [0.15, 0.2) is 5.82 Å². The summed E-state index contributed by atoms with van der Waals surface area (Å²) >= 11 is 0. The van der Waals surface area contributed by atoms with Gasteiger partial charge in [-0.15, -0.1) is 5.10 Å². The first-order chi connectivity index (χ1) is 10.2. The Morgan fingerprint density at radius 3 is 2.67 bits per heavy atom. The Kier molecular flexibility index (Phi) is 4.07. The first-order valence-electron chi connectivity index (χ1n) is 7.93. The lowest BCUT2D eigenvalue weighted by atomic mass is 10.1. The van der Waals surface area contributed by atoms with Crippen molar-refractivity contribution < 1.29 is 0 Å². The second kappa shape index (κ2) is 5.98. The van der Waals surface area contributed by atoms with Crippen molar-refractivity contribution in [1.29, 1.82) is 5.26 Å². The van der Waals surface area contributed by atoms with Gasteiger partial charge in [-0.1, -0.05) is 12.8 Å². The molecule has 1 aromatic rings. The van der Waals surface area contributed by atoms with E-state index in [1.165, 1.54) is 25.7 Å². The van der Waals surface area contributed by atoms with E-state index in [9.17, 15) is 5.26 Å². The number of nitrogens with zero attached hydrogens (tertiary/aromatic N) is 4. The molecule has 5 heteroatoms. The number of hydrogen-bond donors (Lipinski definition) is 1. The lowest BCUT2D eigenvalue weighted by Gasteiger charge is -2.23. The molecule has 1 unspecified atom stereocenters. The van der Waals surface area contributed by atoms with Crippen LogP contribution in [0.4, 0.5) is 5.82 Å². The van der Waals surface area contributed by atoms with Crippen LogP contribution in [-0.4, -0.2) is 40.3 Å². The molecule has 0 aromatic carbocycles. The van der Waals surface area contributed by atoms with E-state index in [1.807, 2.05) is 13.8 Å². The minimum absolute atomic E-state index is 0.383. The van der Waals surface area contributed by atoms with Crippen molar-refractivity contribution in [3.63, 3.8) is 0 Å². The standard InChI is InChI=1S/C16H23N5/c1-11-12(2)19-20-16(15(11)9-17)18-13-7-8-21(10-13)14-5-3-4-6-14/h13-14H,3-8,10H2,1-2H3,(H,18,20). The van der Waals surface area contributed by atoms with Crippen LogP contribution < -0.4 is 5.32 Å². The molecule has 21 heavy (non-hydrogen) atoms. The maximum absolute atomic E-state index is 9.35. The van der Waals surface area contributed by atoms with Gasteiger partial charge in [-0.2, -0.15) is 10.4 Å². The van der Waals surface area contributed by atoms with Crippen LogP contribution in [0.1, 0.15) is 48.9 Å². The lowest BCUT2D eigenvalue weighted by Crippen LogP contribution is -2.33. The molecule has 112 valence electrons. The van der Waals surface area contributed by atoms with Gasteiger partial charge in [0.1, 0.15) is 11.6 Å². The van der Waals surface area contributed by atoms with Crippen molar-refractivity contribution in [2.45, 2.75) is 58.0 Å². The predicted molar refractivity (Wildman–Crippen MR) is 82.1 cm³/mol. The van der Waals surface area contributed by atoms with Crippen LogP contribution >= 0.6 is 0 Å². The van der Waals surface area contributed by atoms with E-state index in [4.69, 9.17) is 0 Å². The van der Waals surface area contributed by atoms with Crippen molar-refractivity contribution in [1.82, 2.24) is 15.1 Å². The lowest BCUT2D eigenvalue weighted by molar-refractivity contribution is 0.245. The molecular weight excluding hydrogens is 262 g/mol. The van der Waals surface area contributed by atoms with E-state index >= 15 is 0 Å². The Morgan fingerprint density at radius 2 is 1.95 bits per heavy atom.